The summed E-state index contributed by atoms with van der Waals surface area (Å²) < 4.78 is 16.1. The van der Waals surface area contributed by atoms with Gasteiger partial charge in [0, 0.05) is 19.4 Å². The molecule has 3 aromatic rings. The Balaban J connectivity index is 1.45. The summed E-state index contributed by atoms with van der Waals surface area (Å²) >= 11 is 0. The van der Waals surface area contributed by atoms with Crippen LogP contribution in [0.4, 0.5) is 0 Å². The zero-order chi connectivity index (χ0) is 18.4. The molecule has 0 aliphatic carbocycles. The van der Waals surface area contributed by atoms with E-state index in [0.29, 0.717) is 36.8 Å². The molecular weight excluding hydrogens is 332 g/mol. The van der Waals surface area contributed by atoms with Crippen LogP contribution in [-0.2, 0) is 17.6 Å². The summed E-state index contributed by atoms with van der Waals surface area (Å²) in [6, 6.07) is 13.3. The summed E-state index contributed by atoms with van der Waals surface area (Å²) in [5.41, 5.74) is 2.63. The first-order valence-corrected chi connectivity index (χ1v) is 8.51. The molecule has 26 heavy (non-hydrogen) atoms. The lowest BCUT2D eigenvalue weighted by atomic mass is 10.1. The number of hydrogen-bond donors (Lipinski definition) is 1. The van der Waals surface area contributed by atoms with Gasteiger partial charge < -0.3 is 19.2 Å². The highest BCUT2D eigenvalue weighted by atomic mass is 16.5. The quantitative estimate of drug-likeness (QED) is 0.673. The predicted molar refractivity (Wildman–Crippen MR) is 98.6 cm³/mol. The molecule has 0 saturated heterocycles. The Hall–Kier alpha value is -3.02. The Labute approximate surface area is 152 Å². The summed E-state index contributed by atoms with van der Waals surface area (Å²) in [4.78, 5) is 16.4. The van der Waals surface area contributed by atoms with E-state index in [1.165, 1.54) is 0 Å². The fourth-order valence-electron chi connectivity index (χ4n) is 2.72. The maximum absolute atomic E-state index is 12.0. The molecule has 1 amide bonds. The normalized spacial score (nSPS) is 10.7. The highest BCUT2D eigenvalue weighted by molar-refractivity contribution is 5.76. The van der Waals surface area contributed by atoms with Gasteiger partial charge >= 0.3 is 0 Å². The van der Waals surface area contributed by atoms with Gasteiger partial charge in [-0.3, -0.25) is 4.79 Å². The molecule has 1 heterocycles. The van der Waals surface area contributed by atoms with Gasteiger partial charge in [-0.2, -0.15) is 0 Å². The number of rotatable bonds is 8. The minimum atomic E-state index is -0.0206. The van der Waals surface area contributed by atoms with Crippen molar-refractivity contribution in [2.45, 2.75) is 19.3 Å². The molecule has 0 atom stereocenters. The van der Waals surface area contributed by atoms with Crippen molar-refractivity contribution in [1.82, 2.24) is 10.3 Å². The number of benzene rings is 2. The molecule has 3 rings (SSSR count). The molecule has 2 aromatic carbocycles. The lowest BCUT2D eigenvalue weighted by Crippen LogP contribution is -2.25. The van der Waals surface area contributed by atoms with Crippen LogP contribution < -0.4 is 14.8 Å². The van der Waals surface area contributed by atoms with E-state index in [1.54, 1.807) is 14.2 Å². The largest absolute Gasteiger partial charge is 0.493 e. The molecule has 6 nitrogen and oxygen atoms in total. The third kappa shape index (κ3) is 4.33. The molecule has 1 aromatic heterocycles. The second-order valence-electron chi connectivity index (χ2n) is 5.86. The summed E-state index contributed by atoms with van der Waals surface area (Å²) in [5, 5.41) is 2.92. The molecule has 0 unspecified atom stereocenters. The average molecular weight is 354 g/mol. The maximum Gasteiger partial charge on any atom is 0.220 e. The van der Waals surface area contributed by atoms with Gasteiger partial charge in [0.25, 0.3) is 0 Å². The first kappa shape index (κ1) is 17.8. The van der Waals surface area contributed by atoms with Crippen LogP contribution in [0.1, 0.15) is 17.9 Å². The van der Waals surface area contributed by atoms with Crippen LogP contribution >= 0.6 is 0 Å². The third-order valence-electron chi connectivity index (χ3n) is 4.09. The second-order valence-corrected chi connectivity index (χ2v) is 5.86. The molecule has 0 fully saturated rings. The molecule has 0 spiro atoms. The summed E-state index contributed by atoms with van der Waals surface area (Å²) in [5.74, 6) is 1.94. The summed E-state index contributed by atoms with van der Waals surface area (Å²) in [6.07, 6.45) is 1.55. The van der Waals surface area contributed by atoms with Gasteiger partial charge in [0.1, 0.15) is 5.52 Å². The van der Waals surface area contributed by atoms with Gasteiger partial charge in [-0.1, -0.05) is 18.2 Å². The maximum atomic E-state index is 12.0. The van der Waals surface area contributed by atoms with Crippen LogP contribution in [0.3, 0.4) is 0 Å². The van der Waals surface area contributed by atoms with Crippen molar-refractivity contribution >= 4 is 17.0 Å². The topological polar surface area (TPSA) is 73.6 Å². The van der Waals surface area contributed by atoms with E-state index in [-0.39, 0.29) is 5.91 Å². The number of methoxy groups -OCH3 is 2. The van der Waals surface area contributed by atoms with Crippen LogP contribution in [0.5, 0.6) is 11.5 Å². The molecular formula is C20H22N2O4. The molecule has 136 valence electrons. The Bertz CT molecular complexity index is 855. The Morgan fingerprint density at radius 1 is 1.08 bits per heavy atom. The number of carbonyl (C=O) groups excluding carboxylic acids is 1. The Morgan fingerprint density at radius 2 is 1.88 bits per heavy atom. The first-order chi connectivity index (χ1) is 12.7. The average Bonchev–Trinajstić information content (AvgIpc) is 3.09. The van der Waals surface area contributed by atoms with Gasteiger partial charge in [-0.25, -0.2) is 4.98 Å². The van der Waals surface area contributed by atoms with Crippen molar-refractivity contribution in [2.75, 3.05) is 20.8 Å². The van der Waals surface area contributed by atoms with Gasteiger partial charge in [-0.05, 0) is 36.2 Å². The fourth-order valence-corrected chi connectivity index (χ4v) is 2.72. The van der Waals surface area contributed by atoms with Crippen molar-refractivity contribution in [2.24, 2.45) is 0 Å². The molecule has 0 aliphatic rings. The van der Waals surface area contributed by atoms with E-state index in [1.807, 2.05) is 42.5 Å². The lowest BCUT2D eigenvalue weighted by molar-refractivity contribution is -0.121. The third-order valence-corrected chi connectivity index (χ3v) is 4.09. The van der Waals surface area contributed by atoms with E-state index in [2.05, 4.69) is 10.3 Å². The SMILES string of the molecule is COc1ccc(CCNC(=O)CCc2nc3ccccc3o2)cc1OC. The number of ether oxygens (including phenoxy) is 2. The van der Waals surface area contributed by atoms with E-state index in [0.717, 1.165) is 23.1 Å². The lowest BCUT2D eigenvalue weighted by Gasteiger charge is -2.10. The number of aryl methyl sites for hydroxylation is 1. The van der Waals surface area contributed by atoms with Crippen LogP contribution in [0.15, 0.2) is 46.9 Å². The fraction of sp³-hybridized carbons (Fsp3) is 0.300. The molecule has 0 aliphatic heterocycles. The van der Waals surface area contributed by atoms with E-state index >= 15 is 0 Å². The van der Waals surface area contributed by atoms with E-state index in [9.17, 15) is 4.79 Å². The standard InChI is InChI=1S/C20H22N2O4/c1-24-17-8-7-14(13-18(17)25-2)11-12-21-19(23)9-10-20-22-15-5-3-4-6-16(15)26-20/h3-8,13H,9-12H2,1-2H3,(H,21,23). The van der Waals surface area contributed by atoms with Gasteiger partial charge in [0.2, 0.25) is 5.91 Å². The number of nitrogens with one attached hydrogen (secondary N) is 1. The summed E-state index contributed by atoms with van der Waals surface area (Å²) in [6.45, 7) is 0.557. The van der Waals surface area contributed by atoms with Crippen LogP contribution in [-0.4, -0.2) is 31.7 Å². The highest BCUT2D eigenvalue weighted by Gasteiger charge is 2.09. The number of hydrogen-bond acceptors (Lipinski definition) is 5. The van der Waals surface area contributed by atoms with Gasteiger partial charge in [0.15, 0.2) is 23.0 Å². The number of amides is 1. The van der Waals surface area contributed by atoms with Crippen LogP contribution in [0.25, 0.3) is 11.1 Å². The zero-order valence-electron chi connectivity index (χ0n) is 15.0. The minimum Gasteiger partial charge on any atom is -0.493 e. The minimum absolute atomic E-state index is 0.0206. The first-order valence-electron chi connectivity index (χ1n) is 8.51. The number of para-hydroxylation sites is 2. The van der Waals surface area contributed by atoms with E-state index in [4.69, 9.17) is 13.9 Å². The number of oxazole rings is 1. The molecule has 0 radical (unpaired) electrons. The van der Waals surface area contributed by atoms with Gasteiger partial charge in [0.05, 0.1) is 14.2 Å². The van der Waals surface area contributed by atoms with Crippen LogP contribution in [0.2, 0.25) is 0 Å². The van der Waals surface area contributed by atoms with Crippen molar-refractivity contribution in [3.63, 3.8) is 0 Å². The number of nitrogens with zero attached hydrogens (tertiary/aromatic N) is 1. The van der Waals surface area contributed by atoms with Crippen LogP contribution in [0, 0.1) is 0 Å². The molecule has 0 bridgehead atoms. The van der Waals surface area contributed by atoms with Crippen molar-refractivity contribution < 1.29 is 18.7 Å². The Morgan fingerprint density at radius 3 is 2.65 bits per heavy atom. The highest BCUT2D eigenvalue weighted by Crippen LogP contribution is 2.27. The number of aromatic nitrogens is 1. The molecule has 1 N–H and O–H groups in total. The van der Waals surface area contributed by atoms with Gasteiger partial charge in [-0.15, -0.1) is 0 Å². The second kappa shape index (κ2) is 8.38. The van der Waals surface area contributed by atoms with E-state index < -0.39 is 0 Å². The molecule has 0 saturated carbocycles. The number of carbonyl (C=O) groups is 1. The zero-order valence-corrected chi connectivity index (χ0v) is 15.0. The number of fused-ring (bicyclic) bond motifs is 1. The predicted octanol–water partition coefficient (Wildman–Crippen LogP) is 3.14. The Kier molecular flexibility index (Phi) is 5.73. The van der Waals surface area contributed by atoms with Crippen molar-refractivity contribution in [1.29, 1.82) is 0 Å². The van der Waals surface area contributed by atoms with Crippen molar-refractivity contribution in [3.8, 4) is 11.5 Å². The monoisotopic (exact) mass is 354 g/mol. The molecule has 6 heteroatoms. The smallest absolute Gasteiger partial charge is 0.220 e. The van der Waals surface area contributed by atoms with Crippen molar-refractivity contribution in [3.05, 3.63) is 53.9 Å². The summed E-state index contributed by atoms with van der Waals surface area (Å²) in [7, 11) is 3.21.